The third-order valence-electron chi connectivity index (χ3n) is 8.10. The predicted molar refractivity (Wildman–Crippen MR) is 187 cm³/mol. The van der Waals surface area contributed by atoms with Gasteiger partial charge < -0.3 is 4.74 Å². The maximum Gasteiger partial charge on any atom is 0.123 e. The largest absolute Gasteiger partial charge is 0.493 e. The van der Waals surface area contributed by atoms with Crippen molar-refractivity contribution in [2.75, 3.05) is 6.61 Å². The average Bonchev–Trinajstić information content (AvgIpc) is 3.00. The smallest absolute Gasteiger partial charge is 0.123 e. The molecule has 2 aromatic carbocycles. The van der Waals surface area contributed by atoms with Gasteiger partial charge >= 0.3 is 0 Å². The molecule has 0 radical (unpaired) electrons. The lowest BCUT2D eigenvalue weighted by molar-refractivity contribution is 0.301. The molecule has 0 unspecified atom stereocenters. The molecule has 0 spiro atoms. The van der Waals surface area contributed by atoms with Crippen LogP contribution in [0.5, 0.6) is 5.75 Å². The number of benzene rings is 2. The highest BCUT2D eigenvalue weighted by Crippen LogP contribution is 2.24. The van der Waals surface area contributed by atoms with Gasteiger partial charge in [0, 0.05) is 4.86 Å². The van der Waals surface area contributed by atoms with Crippen molar-refractivity contribution in [3.63, 3.8) is 0 Å². The summed E-state index contributed by atoms with van der Waals surface area (Å²) in [7, 11) is 0. The molecular formula is C39H60OS. The molecule has 0 N–H and O–H groups in total. The Kier molecular flexibility index (Phi) is 21.2. The third kappa shape index (κ3) is 17.6. The minimum Gasteiger partial charge on any atom is -0.493 e. The van der Waals surface area contributed by atoms with E-state index in [9.17, 15) is 0 Å². The number of rotatable bonds is 26. The molecule has 0 heterocycles. The molecule has 2 rings (SSSR count). The highest BCUT2D eigenvalue weighted by Gasteiger charge is 2.05. The molecule has 0 atom stereocenters. The number of allylic oxidation sites excluding steroid dienone is 1. The molecule has 0 aliphatic carbocycles. The zero-order valence-electron chi connectivity index (χ0n) is 26.6. The first kappa shape index (κ1) is 35.3. The van der Waals surface area contributed by atoms with Gasteiger partial charge in [-0.3, -0.25) is 0 Å². The van der Waals surface area contributed by atoms with E-state index < -0.39 is 0 Å². The number of aryl methyl sites for hydroxylation is 1. The summed E-state index contributed by atoms with van der Waals surface area (Å²) in [6.45, 7) is 5.34. The summed E-state index contributed by atoms with van der Waals surface area (Å²) < 4.78 is 6.29. The third-order valence-corrected chi connectivity index (χ3v) is 8.47. The van der Waals surface area contributed by atoms with Gasteiger partial charge in [-0.05, 0) is 41.7 Å². The van der Waals surface area contributed by atoms with Crippen LogP contribution >= 0.6 is 12.2 Å². The van der Waals surface area contributed by atoms with Gasteiger partial charge in [-0.25, -0.2) is 0 Å². The molecule has 0 amide bonds. The van der Waals surface area contributed by atoms with Gasteiger partial charge in [0.1, 0.15) is 5.75 Å². The zero-order valence-corrected chi connectivity index (χ0v) is 27.5. The van der Waals surface area contributed by atoms with E-state index in [4.69, 9.17) is 17.0 Å². The van der Waals surface area contributed by atoms with Gasteiger partial charge in [-0.15, -0.1) is 0 Å². The Hall–Kier alpha value is -1.93. The lowest BCUT2D eigenvalue weighted by atomic mass is 10.0. The van der Waals surface area contributed by atoms with Crippen LogP contribution < -0.4 is 4.74 Å². The van der Waals surface area contributed by atoms with Crippen molar-refractivity contribution in [1.29, 1.82) is 0 Å². The minimum atomic E-state index is 0.811. The molecule has 1 nitrogen and oxygen atoms in total. The van der Waals surface area contributed by atoms with E-state index in [-0.39, 0.29) is 0 Å². The van der Waals surface area contributed by atoms with Gasteiger partial charge in [-0.1, -0.05) is 197 Å². The fourth-order valence-corrected chi connectivity index (χ4v) is 5.72. The summed E-state index contributed by atoms with van der Waals surface area (Å²) >= 11 is 5.59. The monoisotopic (exact) mass is 576 g/mol. The normalized spacial score (nSPS) is 11.4. The molecular weight excluding hydrogens is 516 g/mol. The maximum atomic E-state index is 6.29. The number of hydrogen-bond acceptors (Lipinski definition) is 2. The van der Waals surface area contributed by atoms with Crippen LogP contribution in [0.2, 0.25) is 0 Å². The molecule has 0 saturated heterocycles. The molecule has 0 aromatic heterocycles. The van der Waals surface area contributed by atoms with Crippen molar-refractivity contribution < 1.29 is 4.74 Å². The van der Waals surface area contributed by atoms with Crippen LogP contribution in [0, 0.1) is 0 Å². The number of ether oxygens (including phenoxy) is 1. The molecule has 0 fully saturated rings. The number of hydrogen-bond donors (Lipinski definition) is 0. The fourth-order valence-electron chi connectivity index (χ4n) is 5.52. The second-order valence-electron chi connectivity index (χ2n) is 11.9. The van der Waals surface area contributed by atoms with Gasteiger partial charge in [0.2, 0.25) is 0 Å². The molecule has 0 aliphatic heterocycles. The summed E-state index contributed by atoms with van der Waals surface area (Å²) in [5, 5.41) is 0. The van der Waals surface area contributed by atoms with Crippen molar-refractivity contribution in [2.24, 2.45) is 0 Å². The van der Waals surface area contributed by atoms with Gasteiger partial charge in [0.05, 0.1) is 6.61 Å². The summed E-state index contributed by atoms with van der Waals surface area (Å²) in [5.41, 5.74) is 3.54. The molecule has 2 heteroatoms. The molecule has 0 saturated carbocycles. The Morgan fingerprint density at radius 1 is 0.610 bits per heavy atom. The standard InChI is InChI=1S/C39H60OS/c1-3-5-6-7-8-9-10-11-12-13-14-15-16-17-18-19-20-21-25-33-40-38-34-35(29-31-36(38)26-4-2)30-32-39(41)37-27-23-22-24-28-37/h22-24,27-32,34H,3-21,25-26,33H2,1-2H3. The summed E-state index contributed by atoms with van der Waals surface area (Å²) in [6.07, 6.45) is 33.0. The zero-order chi connectivity index (χ0) is 29.2. The Balaban J connectivity index is 1.49. The van der Waals surface area contributed by atoms with Crippen LogP contribution in [-0.2, 0) is 6.42 Å². The van der Waals surface area contributed by atoms with Gasteiger partial charge in [0.15, 0.2) is 0 Å². The summed E-state index contributed by atoms with van der Waals surface area (Å²) in [4.78, 5) is 0.861. The fraction of sp³-hybridized carbons (Fsp3) is 0.615. The summed E-state index contributed by atoms with van der Waals surface area (Å²) in [6, 6.07) is 16.8. The van der Waals surface area contributed by atoms with E-state index in [0.717, 1.165) is 47.6 Å². The van der Waals surface area contributed by atoms with Gasteiger partial charge in [-0.2, -0.15) is 0 Å². The van der Waals surface area contributed by atoms with Crippen LogP contribution in [-0.4, -0.2) is 11.5 Å². The van der Waals surface area contributed by atoms with Crippen molar-refractivity contribution in [2.45, 2.75) is 149 Å². The molecule has 41 heavy (non-hydrogen) atoms. The SMILES string of the molecule is CCCCCCCCCCCCCCCCCCCCCOc1cc(C=CC(=S)c2ccccc2)ccc1CCC. The Labute approximate surface area is 259 Å². The topological polar surface area (TPSA) is 9.23 Å². The lowest BCUT2D eigenvalue weighted by Crippen LogP contribution is -2.01. The second-order valence-corrected chi connectivity index (χ2v) is 12.3. The van der Waals surface area contributed by atoms with E-state index in [2.05, 4.69) is 50.3 Å². The second kappa shape index (κ2) is 24.6. The van der Waals surface area contributed by atoms with E-state index >= 15 is 0 Å². The lowest BCUT2D eigenvalue weighted by Gasteiger charge is -2.12. The van der Waals surface area contributed by atoms with Crippen LogP contribution in [0.15, 0.2) is 54.6 Å². The molecule has 228 valence electrons. The van der Waals surface area contributed by atoms with Crippen molar-refractivity contribution in [1.82, 2.24) is 0 Å². The van der Waals surface area contributed by atoms with E-state index in [1.165, 1.54) is 121 Å². The van der Waals surface area contributed by atoms with Crippen molar-refractivity contribution in [3.8, 4) is 5.75 Å². The molecule has 0 aliphatic rings. The van der Waals surface area contributed by atoms with Crippen molar-refractivity contribution >= 4 is 23.2 Å². The molecule has 0 bridgehead atoms. The quantitative estimate of drug-likeness (QED) is 0.0477. The number of thiocarbonyl (C=S) groups is 1. The molecule has 2 aromatic rings. The minimum absolute atomic E-state index is 0.811. The van der Waals surface area contributed by atoms with E-state index in [1.807, 2.05) is 24.3 Å². The predicted octanol–water partition coefficient (Wildman–Crippen LogP) is 12.9. The highest BCUT2D eigenvalue weighted by molar-refractivity contribution is 7.81. The van der Waals surface area contributed by atoms with E-state index in [1.54, 1.807) is 0 Å². The Bertz CT molecular complexity index is 932. The Morgan fingerprint density at radius 2 is 1.12 bits per heavy atom. The van der Waals surface area contributed by atoms with Gasteiger partial charge in [0.25, 0.3) is 0 Å². The highest BCUT2D eigenvalue weighted by atomic mass is 32.1. The van der Waals surface area contributed by atoms with Crippen LogP contribution in [0.4, 0.5) is 0 Å². The van der Waals surface area contributed by atoms with Crippen LogP contribution in [0.3, 0.4) is 0 Å². The number of unbranched alkanes of at least 4 members (excludes halogenated alkanes) is 18. The summed E-state index contributed by atoms with van der Waals surface area (Å²) in [5.74, 6) is 1.04. The first-order valence-corrected chi connectivity index (χ1v) is 17.7. The van der Waals surface area contributed by atoms with Crippen LogP contribution in [0.1, 0.15) is 159 Å². The first-order valence-electron chi connectivity index (χ1n) is 17.3. The van der Waals surface area contributed by atoms with Crippen LogP contribution in [0.25, 0.3) is 6.08 Å². The van der Waals surface area contributed by atoms with E-state index in [0.29, 0.717) is 0 Å². The van der Waals surface area contributed by atoms with Crippen molar-refractivity contribution in [3.05, 3.63) is 71.3 Å². The Morgan fingerprint density at radius 3 is 1.63 bits per heavy atom. The first-order chi connectivity index (χ1) is 20.2. The average molecular weight is 577 g/mol. The maximum absolute atomic E-state index is 6.29.